The highest BCUT2D eigenvalue weighted by molar-refractivity contribution is 6.68. The molecule has 0 aliphatic rings. The van der Waals surface area contributed by atoms with Crippen molar-refractivity contribution in [3.05, 3.63) is 48.0 Å². The topological polar surface area (TPSA) is 26.3 Å². The van der Waals surface area contributed by atoms with E-state index in [-0.39, 0.29) is 6.47 Å². The Morgan fingerprint density at radius 1 is 1.06 bits per heavy atom. The summed E-state index contributed by atoms with van der Waals surface area (Å²) < 4.78 is 3.16. The van der Waals surface area contributed by atoms with Gasteiger partial charge in [-0.25, -0.2) is 0 Å². The van der Waals surface area contributed by atoms with E-state index in [1.807, 2.05) is 36.4 Å². The molecule has 18 heavy (non-hydrogen) atoms. The molecule has 0 saturated carbocycles. The second kappa shape index (κ2) is 5.35. The van der Waals surface area contributed by atoms with E-state index in [2.05, 4.69) is 0 Å². The summed E-state index contributed by atoms with van der Waals surface area (Å²) in [4.78, 5) is 10.5. The lowest BCUT2D eigenvalue weighted by atomic mass is 10.0. The molecule has 0 saturated heterocycles. The second-order valence-corrected chi connectivity index (χ2v) is 6.13. The molecule has 0 aliphatic heterocycles. The number of ether oxygens (including phenoxy) is 1. The lowest BCUT2D eigenvalue weighted by Gasteiger charge is -2.23. The number of halogens is 3. The minimum atomic E-state index is -1.70. The van der Waals surface area contributed by atoms with E-state index >= 15 is 0 Å². The van der Waals surface area contributed by atoms with Crippen molar-refractivity contribution in [1.29, 1.82) is 0 Å². The number of carbonyl (C=O) groups is 1. The maximum Gasteiger partial charge on any atom is 0.293 e. The minimum absolute atomic E-state index is 0.280. The van der Waals surface area contributed by atoms with Crippen LogP contribution in [0.25, 0.3) is 10.8 Å². The van der Waals surface area contributed by atoms with Crippen molar-refractivity contribution >= 4 is 52.0 Å². The van der Waals surface area contributed by atoms with E-state index in [9.17, 15) is 4.79 Å². The summed E-state index contributed by atoms with van der Waals surface area (Å²) in [5.41, 5.74) is 0.640. The molecule has 0 spiro atoms. The monoisotopic (exact) mass is 302 g/mol. The van der Waals surface area contributed by atoms with Crippen molar-refractivity contribution in [3.8, 4) is 0 Å². The summed E-state index contributed by atoms with van der Waals surface area (Å²) in [6.45, 7) is 0.280. The van der Waals surface area contributed by atoms with E-state index in [4.69, 9.17) is 39.5 Å². The largest absolute Gasteiger partial charge is 0.455 e. The van der Waals surface area contributed by atoms with Crippen LogP contribution in [-0.4, -0.2) is 10.3 Å². The van der Waals surface area contributed by atoms with Gasteiger partial charge in [0.05, 0.1) is 0 Å². The van der Waals surface area contributed by atoms with Gasteiger partial charge in [0, 0.05) is 0 Å². The molecule has 0 fully saturated rings. The van der Waals surface area contributed by atoms with Crippen LogP contribution in [0.4, 0.5) is 0 Å². The summed E-state index contributed by atoms with van der Waals surface area (Å²) in [7, 11) is 0. The van der Waals surface area contributed by atoms with Crippen LogP contribution in [0.15, 0.2) is 42.5 Å². The average Bonchev–Trinajstić information content (AvgIpc) is 2.34. The molecule has 2 nitrogen and oxygen atoms in total. The van der Waals surface area contributed by atoms with Crippen molar-refractivity contribution in [1.82, 2.24) is 0 Å². The number of hydrogen-bond acceptors (Lipinski definition) is 2. The first-order chi connectivity index (χ1) is 8.52. The Balaban J connectivity index is 2.47. The zero-order valence-corrected chi connectivity index (χ0v) is 11.4. The zero-order chi connectivity index (χ0) is 13.2. The van der Waals surface area contributed by atoms with Crippen LogP contribution < -0.4 is 0 Å². The molecule has 1 atom stereocenters. The van der Waals surface area contributed by atoms with Crippen LogP contribution >= 0.6 is 34.8 Å². The van der Waals surface area contributed by atoms with Crippen LogP contribution in [0, 0.1) is 0 Å². The highest BCUT2D eigenvalue weighted by Gasteiger charge is 2.35. The number of rotatable bonds is 3. The van der Waals surface area contributed by atoms with Crippen molar-refractivity contribution in [3.63, 3.8) is 0 Å². The molecule has 0 bridgehead atoms. The molecule has 0 radical (unpaired) electrons. The van der Waals surface area contributed by atoms with E-state index in [0.717, 1.165) is 10.8 Å². The lowest BCUT2D eigenvalue weighted by Crippen LogP contribution is -2.19. The van der Waals surface area contributed by atoms with Crippen molar-refractivity contribution < 1.29 is 9.53 Å². The molecular formula is C13H9Cl3O2. The third-order valence-electron chi connectivity index (χ3n) is 2.57. The zero-order valence-electron chi connectivity index (χ0n) is 9.15. The first-order valence-electron chi connectivity index (χ1n) is 5.17. The lowest BCUT2D eigenvalue weighted by molar-refractivity contribution is -0.133. The summed E-state index contributed by atoms with van der Waals surface area (Å²) in [5, 5.41) is 2.05. The second-order valence-electron chi connectivity index (χ2n) is 3.76. The molecule has 5 heteroatoms. The van der Waals surface area contributed by atoms with Gasteiger partial charge in [-0.05, 0) is 22.4 Å². The Labute approximate surface area is 119 Å². The SMILES string of the molecule is O=COC(c1ccc2ccccc2c1)C(Cl)(Cl)Cl. The number of carbonyl (C=O) groups excluding carboxylic acids is 1. The number of alkyl halides is 3. The molecule has 0 N–H and O–H groups in total. The molecule has 2 rings (SSSR count). The van der Waals surface area contributed by atoms with E-state index in [1.165, 1.54) is 0 Å². The van der Waals surface area contributed by atoms with Gasteiger partial charge < -0.3 is 4.74 Å². The normalized spacial score (nSPS) is 13.3. The van der Waals surface area contributed by atoms with Crippen LogP contribution in [0.2, 0.25) is 0 Å². The third kappa shape index (κ3) is 2.89. The van der Waals surface area contributed by atoms with Crippen LogP contribution in [0.3, 0.4) is 0 Å². The predicted octanol–water partition coefficient (Wildman–Crippen LogP) is 4.42. The van der Waals surface area contributed by atoms with Crippen LogP contribution in [0.1, 0.15) is 11.7 Å². The molecule has 0 aliphatic carbocycles. The Bertz CT molecular complexity index is 563. The van der Waals surface area contributed by atoms with Gasteiger partial charge in [-0.1, -0.05) is 71.2 Å². The van der Waals surface area contributed by atoms with Gasteiger partial charge in [0.1, 0.15) is 0 Å². The van der Waals surface area contributed by atoms with E-state index in [1.54, 1.807) is 6.07 Å². The third-order valence-corrected chi connectivity index (χ3v) is 3.16. The van der Waals surface area contributed by atoms with Gasteiger partial charge in [-0.15, -0.1) is 0 Å². The molecule has 2 aromatic rings. The first-order valence-corrected chi connectivity index (χ1v) is 6.30. The number of fused-ring (bicyclic) bond motifs is 1. The van der Waals surface area contributed by atoms with Gasteiger partial charge in [0.25, 0.3) is 6.47 Å². The van der Waals surface area contributed by atoms with E-state index in [0.29, 0.717) is 5.56 Å². The number of benzene rings is 2. The summed E-state index contributed by atoms with van der Waals surface area (Å²) in [5.74, 6) is 0. The van der Waals surface area contributed by atoms with Gasteiger partial charge in [0.2, 0.25) is 3.79 Å². The van der Waals surface area contributed by atoms with Gasteiger partial charge in [0.15, 0.2) is 6.10 Å². The standard InChI is InChI=1S/C13H9Cl3O2/c14-13(15,16)12(18-8-17)11-6-5-9-3-1-2-4-10(9)7-11/h1-8,12H. The van der Waals surface area contributed by atoms with Gasteiger partial charge in [-0.3, -0.25) is 4.79 Å². The minimum Gasteiger partial charge on any atom is -0.455 e. The molecule has 0 amide bonds. The summed E-state index contributed by atoms with van der Waals surface area (Å²) >= 11 is 17.4. The first kappa shape index (κ1) is 13.5. The predicted molar refractivity (Wildman–Crippen MR) is 74.1 cm³/mol. The fourth-order valence-electron chi connectivity index (χ4n) is 1.77. The molecular weight excluding hydrogens is 294 g/mol. The van der Waals surface area contributed by atoms with Crippen molar-refractivity contribution in [2.24, 2.45) is 0 Å². The maximum atomic E-state index is 10.5. The Morgan fingerprint density at radius 3 is 2.33 bits per heavy atom. The average molecular weight is 304 g/mol. The van der Waals surface area contributed by atoms with Crippen molar-refractivity contribution in [2.45, 2.75) is 9.90 Å². The van der Waals surface area contributed by atoms with Crippen LogP contribution in [0.5, 0.6) is 0 Å². The Hall–Kier alpha value is -0.960. The fraction of sp³-hybridized carbons (Fsp3) is 0.154. The summed E-state index contributed by atoms with van der Waals surface area (Å²) in [6.07, 6.45) is -0.926. The van der Waals surface area contributed by atoms with Crippen LogP contribution in [-0.2, 0) is 9.53 Å². The summed E-state index contributed by atoms with van der Waals surface area (Å²) in [6, 6.07) is 13.3. The molecule has 0 aromatic heterocycles. The Morgan fingerprint density at radius 2 is 1.72 bits per heavy atom. The van der Waals surface area contributed by atoms with E-state index < -0.39 is 9.90 Å². The smallest absolute Gasteiger partial charge is 0.293 e. The molecule has 1 unspecified atom stereocenters. The Kier molecular flexibility index (Phi) is 4.00. The quantitative estimate of drug-likeness (QED) is 0.619. The van der Waals surface area contributed by atoms with Crippen molar-refractivity contribution in [2.75, 3.05) is 0 Å². The molecule has 0 heterocycles. The highest BCUT2D eigenvalue weighted by Crippen LogP contribution is 2.42. The fourth-order valence-corrected chi connectivity index (χ4v) is 2.30. The van der Waals surface area contributed by atoms with Gasteiger partial charge >= 0.3 is 0 Å². The molecule has 2 aromatic carbocycles. The number of hydrogen-bond donors (Lipinski definition) is 0. The maximum absolute atomic E-state index is 10.5. The highest BCUT2D eigenvalue weighted by atomic mass is 35.6. The molecule has 94 valence electrons. The van der Waals surface area contributed by atoms with Gasteiger partial charge in [-0.2, -0.15) is 0 Å².